The molecule has 0 unspecified atom stereocenters. The monoisotopic (exact) mass is 472 g/mol. The molecule has 33 heavy (non-hydrogen) atoms. The molecule has 2 aliphatic rings. The average molecular weight is 473 g/mol. The van der Waals surface area contributed by atoms with Gasteiger partial charge in [-0.1, -0.05) is 83.5 Å². The van der Waals surface area contributed by atoms with Gasteiger partial charge in [-0.25, -0.2) is 4.68 Å². The van der Waals surface area contributed by atoms with E-state index in [0.29, 0.717) is 5.02 Å². The summed E-state index contributed by atoms with van der Waals surface area (Å²) in [5, 5.41) is 9.80. The molecule has 2 atom stereocenters. The molecule has 1 N–H and O–H groups in total. The third kappa shape index (κ3) is 3.33. The van der Waals surface area contributed by atoms with E-state index in [1.165, 1.54) is 17.3 Å². The second-order valence-corrected chi connectivity index (χ2v) is 9.33. The number of aryl methyl sites for hydroxylation is 1. The van der Waals surface area contributed by atoms with Gasteiger partial charge in [0, 0.05) is 21.7 Å². The number of rotatable bonds is 3. The molecule has 164 valence electrons. The molecule has 0 aliphatic carbocycles. The first kappa shape index (κ1) is 20.4. The highest BCUT2D eigenvalue weighted by atomic mass is 35.5. The summed E-state index contributed by atoms with van der Waals surface area (Å²) in [5.74, 6) is 1.53. The Kier molecular flexibility index (Phi) is 4.93. The Morgan fingerprint density at radius 1 is 1.00 bits per heavy atom. The molecule has 5 nitrogen and oxygen atoms in total. The maximum atomic E-state index is 6.70. The first-order valence-corrected chi connectivity index (χ1v) is 12.3. The number of para-hydroxylation sites is 1. The van der Waals surface area contributed by atoms with Gasteiger partial charge in [0.15, 0.2) is 6.10 Å². The zero-order valence-corrected chi connectivity index (χ0v) is 19.7. The van der Waals surface area contributed by atoms with Crippen LogP contribution in [-0.4, -0.2) is 21.0 Å². The molecule has 0 amide bonds. The molecule has 6 rings (SSSR count). The second-order valence-electron chi connectivity index (χ2n) is 8.15. The molecule has 2 aliphatic heterocycles. The van der Waals surface area contributed by atoms with Gasteiger partial charge < -0.3 is 10.1 Å². The van der Waals surface area contributed by atoms with Crippen molar-refractivity contribution >= 4 is 35.0 Å². The van der Waals surface area contributed by atoms with Crippen LogP contribution in [-0.2, 0) is 0 Å². The van der Waals surface area contributed by atoms with E-state index in [-0.39, 0.29) is 12.1 Å². The van der Waals surface area contributed by atoms with Crippen molar-refractivity contribution in [3.05, 3.63) is 106 Å². The summed E-state index contributed by atoms with van der Waals surface area (Å²) in [5.41, 5.74) is 6.32. The molecule has 0 fully saturated rings. The number of nitrogens with one attached hydrogen (secondary N) is 1. The number of benzene rings is 3. The predicted molar refractivity (Wildman–Crippen MR) is 133 cm³/mol. The number of hydrogen-bond donors (Lipinski definition) is 1. The highest BCUT2D eigenvalue weighted by molar-refractivity contribution is 7.98. The fourth-order valence-corrected chi connectivity index (χ4v) is 5.14. The molecular formula is C26H21ClN4OS. The second kappa shape index (κ2) is 7.97. The normalized spacial score (nSPS) is 18.6. The van der Waals surface area contributed by atoms with Gasteiger partial charge in [-0.15, -0.1) is 5.10 Å². The lowest BCUT2D eigenvalue weighted by atomic mass is 9.84. The summed E-state index contributed by atoms with van der Waals surface area (Å²) in [6.07, 6.45) is 1.61. The molecule has 3 heterocycles. The number of anilines is 1. The van der Waals surface area contributed by atoms with Gasteiger partial charge in [-0.3, -0.25) is 0 Å². The van der Waals surface area contributed by atoms with Crippen LogP contribution in [0.25, 0.3) is 5.70 Å². The summed E-state index contributed by atoms with van der Waals surface area (Å²) in [7, 11) is 0. The zero-order valence-electron chi connectivity index (χ0n) is 18.1. The van der Waals surface area contributed by atoms with Gasteiger partial charge >= 0.3 is 0 Å². The van der Waals surface area contributed by atoms with Crippen molar-refractivity contribution in [1.82, 2.24) is 14.8 Å². The Morgan fingerprint density at radius 3 is 2.55 bits per heavy atom. The zero-order chi connectivity index (χ0) is 22.5. The Hall–Kier alpha value is -3.22. The number of ether oxygens (including phenoxy) is 1. The van der Waals surface area contributed by atoms with Crippen molar-refractivity contribution < 1.29 is 4.74 Å². The first-order valence-electron chi connectivity index (χ1n) is 10.7. The molecule has 0 bridgehead atoms. The number of aromatic nitrogens is 3. The van der Waals surface area contributed by atoms with Crippen LogP contribution >= 0.6 is 23.4 Å². The Morgan fingerprint density at radius 2 is 1.76 bits per heavy atom. The minimum absolute atomic E-state index is 0.195. The van der Waals surface area contributed by atoms with E-state index in [4.69, 9.17) is 26.4 Å². The van der Waals surface area contributed by atoms with Crippen molar-refractivity contribution in [3.63, 3.8) is 0 Å². The van der Waals surface area contributed by atoms with E-state index in [0.717, 1.165) is 44.8 Å². The summed E-state index contributed by atoms with van der Waals surface area (Å²) in [6.45, 7) is 2.09. The summed E-state index contributed by atoms with van der Waals surface area (Å²) >= 11 is 8.22. The highest BCUT2D eigenvalue weighted by Gasteiger charge is 2.41. The number of hydrogen-bond acceptors (Lipinski definition) is 5. The summed E-state index contributed by atoms with van der Waals surface area (Å²) in [6, 6.07) is 24.3. The molecule has 0 radical (unpaired) electrons. The maximum absolute atomic E-state index is 6.70. The molecule has 0 saturated heterocycles. The first-order chi connectivity index (χ1) is 16.1. The maximum Gasteiger partial charge on any atom is 0.227 e. The van der Waals surface area contributed by atoms with Gasteiger partial charge in [0.2, 0.25) is 11.1 Å². The van der Waals surface area contributed by atoms with Gasteiger partial charge in [0.1, 0.15) is 11.8 Å². The Labute approximate surface area is 201 Å². The Balaban J connectivity index is 1.65. The average Bonchev–Trinajstić information content (AvgIpc) is 3.26. The SMILES string of the molecule is CSc1nc2n(n1)[C@H](c1ccc(C)cc1)C1=C(N2)c2ccccc2O[C@H]1c1ccccc1Cl. The van der Waals surface area contributed by atoms with Crippen molar-refractivity contribution in [2.75, 3.05) is 11.6 Å². The van der Waals surface area contributed by atoms with Crippen LogP contribution in [0.15, 0.2) is 83.5 Å². The van der Waals surface area contributed by atoms with Crippen LogP contribution in [0.3, 0.4) is 0 Å². The molecule has 4 aromatic rings. The number of nitrogens with zero attached hydrogens (tertiary/aromatic N) is 3. The van der Waals surface area contributed by atoms with Crippen LogP contribution in [0.2, 0.25) is 5.02 Å². The van der Waals surface area contributed by atoms with Crippen LogP contribution in [0.5, 0.6) is 5.75 Å². The van der Waals surface area contributed by atoms with Gasteiger partial charge in [-0.2, -0.15) is 4.98 Å². The lowest BCUT2D eigenvalue weighted by molar-refractivity contribution is 0.223. The van der Waals surface area contributed by atoms with E-state index in [1.54, 1.807) is 0 Å². The van der Waals surface area contributed by atoms with Crippen molar-refractivity contribution in [3.8, 4) is 5.75 Å². The van der Waals surface area contributed by atoms with Crippen LogP contribution in [0.4, 0.5) is 5.95 Å². The van der Waals surface area contributed by atoms with Crippen molar-refractivity contribution in [1.29, 1.82) is 0 Å². The van der Waals surface area contributed by atoms with Gasteiger partial charge in [-0.05, 0) is 36.9 Å². The van der Waals surface area contributed by atoms with E-state index >= 15 is 0 Å². The fraction of sp³-hybridized carbons (Fsp3) is 0.154. The standard InChI is InChI=1S/C26H21ClN4OS/c1-15-11-13-16(14-12-15)23-21-22(28-25-29-26(33-2)30-31(23)25)18-8-4-6-10-20(18)32-24(21)17-7-3-5-9-19(17)27/h3-14,23-24H,1-2H3,(H,28,29,30)/t23-,24+/m1/s1. The van der Waals surface area contributed by atoms with E-state index in [2.05, 4.69) is 42.6 Å². The molecule has 0 spiro atoms. The quantitative estimate of drug-likeness (QED) is 0.344. The number of fused-ring (bicyclic) bond motifs is 3. The number of thioether (sulfide) groups is 1. The third-order valence-electron chi connectivity index (χ3n) is 6.12. The molecule has 0 saturated carbocycles. The fourth-order valence-electron chi connectivity index (χ4n) is 4.56. The van der Waals surface area contributed by atoms with Gasteiger partial charge in [0.05, 0.1) is 5.70 Å². The lowest BCUT2D eigenvalue weighted by Gasteiger charge is -2.39. The Bertz CT molecular complexity index is 1400. The highest BCUT2D eigenvalue weighted by Crippen LogP contribution is 2.51. The van der Waals surface area contributed by atoms with Crippen molar-refractivity contribution in [2.45, 2.75) is 24.2 Å². The smallest absolute Gasteiger partial charge is 0.227 e. The van der Waals surface area contributed by atoms with Crippen LogP contribution < -0.4 is 10.1 Å². The van der Waals surface area contributed by atoms with E-state index in [9.17, 15) is 0 Å². The molecular weight excluding hydrogens is 452 g/mol. The molecule has 7 heteroatoms. The van der Waals surface area contributed by atoms with E-state index < -0.39 is 0 Å². The number of halogens is 1. The van der Waals surface area contributed by atoms with E-state index in [1.807, 2.05) is 53.4 Å². The van der Waals surface area contributed by atoms with Gasteiger partial charge in [0.25, 0.3) is 0 Å². The predicted octanol–water partition coefficient (Wildman–Crippen LogP) is 6.52. The lowest BCUT2D eigenvalue weighted by Crippen LogP contribution is -2.32. The van der Waals surface area contributed by atoms with Crippen LogP contribution in [0, 0.1) is 6.92 Å². The largest absolute Gasteiger partial charge is 0.480 e. The summed E-state index contributed by atoms with van der Waals surface area (Å²) in [4.78, 5) is 4.74. The summed E-state index contributed by atoms with van der Waals surface area (Å²) < 4.78 is 8.61. The van der Waals surface area contributed by atoms with Crippen molar-refractivity contribution in [2.24, 2.45) is 0 Å². The molecule has 3 aromatic carbocycles. The van der Waals surface area contributed by atoms with Crippen LogP contribution in [0.1, 0.15) is 34.4 Å². The minimum atomic E-state index is -0.377. The third-order valence-corrected chi connectivity index (χ3v) is 7.01. The topological polar surface area (TPSA) is 52.0 Å². The molecule has 1 aromatic heterocycles. The minimum Gasteiger partial charge on any atom is -0.480 e.